The summed E-state index contributed by atoms with van der Waals surface area (Å²) < 4.78 is 13.5. The van der Waals surface area contributed by atoms with Gasteiger partial charge in [0.15, 0.2) is 6.29 Å². The molecular formula is C49H70N4O5. The van der Waals surface area contributed by atoms with Crippen molar-refractivity contribution in [3.8, 4) is 0 Å². The van der Waals surface area contributed by atoms with Gasteiger partial charge in [0.25, 0.3) is 0 Å². The molecule has 3 fully saturated rings. The topological polar surface area (TPSA) is 103 Å². The van der Waals surface area contributed by atoms with E-state index in [0.717, 1.165) is 73.3 Å². The van der Waals surface area contributed by atoms with Crippen molar-refractivity contribution in [3.05, 3.63) is 101 Å². The SMILES string of the molecule is CCCCCCCCCCCCCCCC(=O)NCc1ccc(C2O[C@H](CN3CCC4(CC3)C(=O)NCN4c3ccccc3)[C@H](C)[C@H](c3ccc(CO)cc3)O2)cc1. The first-order chi connectivity index (χ1) is 28.4. The molecule has 1 spiro atoms. The third-order valence-corrected chi connectivity index (χ3v) is 12.9. The van der Waals surface area contributed by atoms with Crippen LogP contribution in [0, 0.1) is 5.92 Å². The maximum atomic E-state index is 13.3. The van der Waals surface area contributed by atoms with Crippen LogP contribution in [-0.2, 0) is 32.2 Å². The number of aliphatic hydroxyl groups excluding tert-OH is 1. The Hall–Kier alpha value is -3.76. The Morgan fingerprint density at radius 2 is 1.36 bits per heavy atom. The average Bonchev–Trinajstić information content (AvgIpc) is 3.57. The van der Waals surface area contributed by atoms with Gasteiger partial charge in [0, 0.05) is 49.8 Å². The van der Waals surface area contributed by atoms with Gasteiger partial charge in [0.2, 0.25) is 11.8 Å². The zero-order chi connectivity index (χ0) is 40.6. The van der Waals surface area contributed by atoms with E-state index in [9.17, 15) is 14.7 Å². The molecule has 1 unspecified atom stereocenters. The molecular weight excluding hydrogens is 725 g/mol. The number of piperidine rings is 1. The highest BCUT2D eigenvalue weighted by Gasteiger charge is 2.51. The van der Waals surface area contributed by atoms with E-state index in [1.54, 1.807) is 0 Å². The number of nitrogens with one attached hydrogen (secondary N) is 2. The number of amides is 2. The fourth-order valence-corrected chi connectivity index (χ4v) is 9.11. The van der Waals surface area contributed by atoms with Gasteiger partial charge >= 0.3 is 0 Å². The molecule has 316 valence electrons. The average molecular weight is 795 g/mol. The number of anilines is 1. The van der Waals surface area contributed by atoms with Crippen LogP contribution in [0.3, 0.4) is 0 Å². The highest BCUT2D eigenvalue weighted by atomic mass is 16.7. The number of nitrogens with zero attached hydrogens (tertiary/aromatic N) is 2. The van der Waals surface area contributed by atoms with Gasteiger partial charge in [-0.2, -0.15) is 0 Å². The minimum absolute atomic E-state index is 0.00185. The van der Waals surface area contributed by atoms with Crippen LogP contribution in [0.4, 0.5) is 5.69 Å². The van der Waals surface area contributed by atoms with E-state index in [4.69, 9.17) is 9.47 Å². The minimum atomic E-state index is -0.562. The van der Waals surface area contributed by atoms with E-state index in [-0.39, 0.29) is 36.5 Å². The molecule has 3 aromatic carbocycles. The van der Waals surface area contributed by atoms with Gasteiger partial charge < -0.3 is 35.0 Å². The Kier molecular flexibility index (Phi) is 17.0. The van der Waals surface area contributed by atoms with Gasteiger partial charge in [-0.05, 0) is 48.1 Å². The summed E-state index contributed by atoms with van der Waals surface area (Å²) in [6, 6.07) is 26.5. The third kappa shape index (κ3) is 11.9. The number of likely N-dealkylation sites (tertiary alicyclic amines) is 1. The Morgan fingerprint density at radius 3 is 1.98 bits per heavy atom. The number of hydrogen-bond acceptors (Lipinski definition) is 7. The summed E-state index contributed by atoms with van der Waals surface area (Å²) in [5.74, 6) is 0.297. The van der Waals surface area contributed by atoms with Crippen molar-refractivity contribution < 1.29 is 24.2 Å². The highest BCUT2D eigenvalue weighted by Crippen LogP contribution is 2.43. The Morgan fingerprint density at radius 1 is 0.776 bits per heavy atom. The molecule has 3 saturated heterocycles. The van der Waals surface area contributed by atoms with Crippen LogP contribution in [0.15, 0.2) is 78.9 Å². The predicted octanol–water partition coefficient (Wildman–Crippen LogP) is 9.50. The molecule has 9 nitrogen and oxygen atoms in total. The Labute approximate surface area is 348 Å². The standard InChI is InChI=1S/C49H70N4O5/c1-3-4-5-6-7-8-9-10-11-12-13-14-18-21-45(55)50-34-39-22-28-42(29-23-39)47-57-44(38(2)46(58-47)41-26-24-40(36-54)25-27-41)35-52-32-30-49(31-33-52)48(56)51-37-53(49)43-19-16-15-17-20-43/h15-17,19-20,22-29,38,44,46-47,54H,3-14,18,21,30-37H2,1-2H3,(H,50,55)(H,51,56)/t38-,44+,46+,47?/m0/s1. The summed E-state index contributed by atoms with van der Waals surface area (Å²) >= 11 is 0. The van der Waals surface area contributed by atoms with E-state index in [1.807, 2.05) is 30.3 Å². The number of aliphatic hydroxyl groups is 1. The van der Waals surface area contributed by atoms with Gasteiger partial charge in [0.05, 0.1) is 25.5 Å². The second-order valence-electron chi connectivity index (χ2n) is 17.1. The van der Waals surface area contributed by atoms with Gasteiger partial charge in [-0.3, -0.25) is 9.59 Å². The van der Waals surface area contributed by atoms with Gasteiger partial charge in [0.1, 0.15) is 5.54 Å². The predicted molar refractivity (Wildman–Crippen MR) is 232 cm³/mol. The van der Waals surface area contributed by atoms with Crippen molar-refractivity contribution in [2.75, 3.05) is 31.2 Å². The molecule has 2 amide bonds. The van der Waals surface area contributed by atoms with Crippen molar-refractivity contribution in [2.45, 2.75) is 154 Å². The second kappa shape index (κ2) is 22.6. The summed E-state index contributed by atoms with van der Waals surface area (Å²) in [4.78, 5) is 30.7. The van der Waals surface area contributed by atoms with Crippen LogP contribution in [0.2, 0.25) is 0 Å². The Balaban J connectivity index is 0.980. The van der Waals surface area contributed by atoms with Crippen LogP contribution in [0.25, 0.3) is 0 Å². The van der Waals surface area contributed by atoms with Crippen LogP contribution >= 0.6 is 0 Å². The number of carbonyl (C=O) groups excluding carboxylic acids is 2. The smallest absolute Gasteiger partial charge is 0.247 e. The van der Waals surface area contributed by atoms with Crippen LogP contribution in [0.5, 0.6) is 0 Å². The Bertz CT molecular complexity index is 1660. The largest absolute Gasteiger partial charge is 0.392 e. The zero-order valence-electron chi connectivity index (χ0n) is 35.3. The lowest BCUT2D eigenvalue weighted by Crippen LogP contribution is -2.57. The number of unbranched alkanes of at least 4 members (excludes halogenated alkanes) is 12. The highest BCUT2D eigenvalue weighted by molar-refractivity contribution is 5.93. The molecule has 6 rings (SSSR count). The monoisotopic (exact) mass is 795 g/mol. The fraction of sp³-hybridized carbons (Fsp3) is 0.592. The molecule has 3 N–H and O–H groups in total. The van der Waals surface area contributed by atoms with Crippen molar-refractivity contribution in [2.24, 2.45) is 5.92 Å². The normalized spacial score (nSPS) is 22.0. The number of hydrogen-bond donors (Lipinski definition) is 3. The van der Waals surface area contributed by atoms with E-state index in [1.165, 1.54) is 70.6 Å². The van der Waals surface area contributed by atoms with E-state index in [0.29, 0.717) is 19.6 Å². The molecule has 0 radical (unpaired) electrons. The molecule has 0 aliphatic carbocycles. The molecule has 0 saturated carbocycles. The molecule has 3 aromatic rings. The molecule has 0 aromatic heterocycles. The van der Waals surface area contributed by atoms with Crippen molar-refractivity contribution >= 4 is 17.5 Å². The lowest BCUT2D eigenvalue weighted by molar-refractivity contribution is -0.276. The van der Waals surface area contributed by atoms with Crippen LogP contribution < -0.4 is 15.5 Å². The first kappa shape index (κ1) is 43.8. The summed E-state index contributed by atoms with van der Waals surface area (Å²) in [5, 5.41) is 15.9. The molecule has 4 atom stereocenters. The van der Waals surface area contributed by atoms with Crippen molar-refractivity contribution in [1.29, 1.82) is 0 Å². The maximum absolute atomic E-state index is 13.3. The fourth-order valence-electron chi connectivity index (χ4n) is 9.11. The first-order valence-corrected chi connectivity index (χ1v) is 22.6. The zero-order valence-corrected chi connectivity index (χ0v) is 35.3. The minimum Gasteiger partial charge on any atom is -0.392 e. The van der Waals surface area contributed by atoms with E-state index < -0.39 is 11.8 Å². The quantitative estimate of drug-likeness (QED) is 0.0872. The summed E-state index contributed by atoms with van der Waals surface area (Å²) in [6.45, 7) is 7.83. The van der Waals surface area contributed by atoms with Crippen LogP contribution in [-0.4, -0.2) is 59.8 Å². The molecule has 3 heterocycles. The lowest BCUT2D eigenvalue weighted by Gasteiger charge is -2.46. The van der Waals surface area contributed by atoms with Crippen molar-refractivity contribution in [1.82, 2.24) is 15.5 Å². The number of benzene rings is 3. The lowest BCUT2D eigenvalue weighted by atomic mass is 9.84. The molecule has 3 aliphatic heterocycles. The maximum Gasteiger partial charge on any atom is 0.247 e. The summed E-state index contributed by atoms with van der Waals surface area (Å²) in [7, 11) is 0. The van der Waals surface area contributed by atoms with Gasteiger partial charge in [-0.1, -0.05) is 158 Å². The van der Waals surface area contributed by atoms with Crippen molar-refractivity contribution in [3.63, 3.8) is 0 Å². The summed E-state index contributed by atoms with van der Waals surface area (Å²) in [6.07, 6.45) is 18.1. The second-order valence-corrected chi connectivity index (χ2v) is 17.1. The molecule has 3 aliphatic rings. The van der Waals surface area contributed by atoms with E-state index >= 15 is 0 Å². The van der Waals surface area contributed by atoms with Gasteiger partial charge in [-0.25, -0.2) is 0 Å². The van der Waals surface area contributed by atoms with Crippen LogP contribution in [0.1, 0.15) is 151 Å². The molecule has 9 heteroatoms. The third-order valence-electron chi connectivity index (χ3n) is 12.9. The van der Waals surface area contributed by atoms with E-state index in [2.05, 4.69) is 82.8 Å². The number of para-hydroxylation sites is 1. The molecule has 0 bridgehead atoms. The first-order valence-electron chi connectivity index (χ1n) is 22.6. The number of carbonyl (C=O) groups is 2. The van der Waals surface area contributed by atoms with Gasteiger partial charge in [-0.15, -0.1) is 0 Å². The summed E-state index contributed by atoms with van der Waals surface area (Å²) in [5.41, 5.74) is 4.45. The number of ether oxygens (including phenoxy) is 2. The molecule has 58 heavy (non-hydrogen) atoms. The number of rotatable bonds is 22.